The van der Waals surface area contributed by atoms with Gasteiger partial charge in [-0.2, -0.15) is 16.6 Å². The first-order chi connectivity index (χ1) is 7.20. The third kappa shape index (κ3) is 2.80. The highest BCUT2D eigenvalue weighted by Gasteiger charge is 2.16. The second-order valence-electron chi connectivity index (χ2n) is 3.35. The molecule has 0 aliphatic carbocycles. The van der Waals surface area contributed by atoms with Crippen LogP contribution in [-0.4, -0.2) is 23.9 Å². The lowest BCUT2D eigenvalue weighted by Gasteiger charge is -2.18. The quantitative estimate of drug-likeness (QED) is 0.734. The maximum absolute atomic E-state index is 12.0. The van der Waals surface area contributed by atoms with Crippen molar-refractivity contribution >= 4 is 17.2 Å². The van der Waals surface area contributed by atoms with Crippen LogP contribution in [0.1, 0.15) is 29.3 Å². The molecule has 0 unspecified atom stereocenters. The Bertz CT molecular complexity index is 378. The average molecular weight is 222 g/mol. The fourth-order valence-electron chi connectivity index (χ4n) is 1.36. The molecular weight excluding hydrogens is 208 g/mol. The molecule has 3 nitrogen and oxygen atoms in total. The molecule has 0 spiro atoms. The highest BCUT2D eigenvalue weighted by molar-refractivity contribution is 7.08. The van der Waals surface area contributed by atoms with E-state index in [0.717, 1.165) is 17.5 Å². The maximum Gasteiger partial charge on any atom is 0.255 e. The minimum absolute atomic E-state index is 0.0304. The van der Waals surface area contributed by atoms with Crippen molar-refractivity contribution in [2.75, 3.05) is 13.1 Å². The van der Waals surface area contributed by atoms with Gasteiger partial charge in [0.2, 0.25) is 0 Å². The monoisotopic (exact) mass is 222 g/mol. The molecular formula is C11H14N2OS. The molecule has 4 heteroatoms. The van der Waals surface area contributed by atoms with Crippen LogP contribution in [0.15, 0.2) is 10.8 Å². The normalized spacial score (nSPS) is 9.67. The zero-order valence-corrected chi connectivity index (χ0v) is 9.80. The van der Waals surface area contributed by atoms with Crippen molar-refractivity contribution in [3.63, 3.8) is 0 Å². The Kier molecular flexibility index (Phi) is 4.32. The summed E-state index contributed by atoms with van der Waals surface area (Å²) in [5.74, 6) is -0.0304. The molecule has 0 N–H and O–H groups in total. The van der Waals surface area contributed by atoms with E-state index in [2.05, 4.69) is 0 Å². The van der Waals surface area contributed by atoms with Gasteiger partial charge in [0.15, 0.2) is 0 Å². The van der Waals surface area contributed by atoms with Crippen LogP contribution < -0.4 is 0 Å². The smallest absolute Gasteiger partial charge is 0.255 e. The Morgan fingerprint density at radius 1 is 1.60 bits per heavy atom. The molecule has 0 aromatic carbocycles. The van der Waals surface area contributed by atoms with Gasteiger partial charge in [-0.05, 0) is 24.3 Å². The SMILES string of the molecule is CCCN(CC#N)C(=O)c1cscc1C. The Morgan fingerprint density at radius 2 is 2.33 bits per heavy atom. The van der Waals surface area contributed by atoms with Gasteiger partial charge < -0.3 is 4.90 Å². The molecule has 1 rings (SSSR count). The lowest BCUT2D eigenvalue weighted by Crippen LogP contribution is -2.32. The second kappa shape index (κ2) is 5.52. The summed E-state index contributed by atoms with van der Waals surface area (Å²) >= 11 is 1.52. The lowest BCUT2D eigenvalue weighted by molar-refractivity contribution is 0.0776. The van der Waals surface area contributed by atoms with Gasteiger partial charge in [-0.3, -0.25) is 4.79 Å². The van der Waals surface area contributed by atoms with Crippen LogP contribution in [0.3, 0.4) is 0 Å². The third-order valence-corrected chi connectivity index (χ3v) is 2.99. The zero-order valence-electron chi connectivity index (χ0n) is 8.99. The minimum atomic E-state index is -0.0304. The van der Waals surface area contributed by atoms with Gasteiger partial charge in [0.25, 0.3) is 5.91 Å². The predicted octanol–water partition coefficient (Wildman–Crippen LogP) is 2.43. The summed E-state index contributed by atoms with van der Waals surface area (Å²) in [5, 5.41) is 12.4. The van der Waals surface area contributed by atoms with Crippen LogP contribution in [0.4, 0.5) is 0 Å². The summed E-state index contributed by atoms with van der Waals surface area (Å²) in [4.78, 5) is 13.6. The van der Waals surface area contributed by atoms with Gasteiger partial charge in [0.05, 0.1) is 11.6 Å². The standard InChI is InChI=1S/C11H14N2OS/c1-3-5-13(6-4-12)11(14)10-8-15-7-9(10)2/h7-8H,3,5-6H2,1-2H3. The predicted molar refractivity (Wildman–Crippen MR) is 60.9 cm³/mol. The van der Waals surface area contributed by atoms with Crippen LogP contribution in [-0.2, 0) is 0 Å². The van der Waals surface area contributed by atoms with E-state index in [4.69, 9.17) is 5.26 Å². The van der Waals surface area contributed by atoms with Crippen LogP contribution in [0.25, 0.3) is 0 Å². The number of aryl methyl sites for hydroxylation is 1. The van der Waals surface area contributed by atoms with E-state index < -0.39 is 0 Å². The molecule has 0 atom stereocenters. The molecule has 1 aromatic heterocycles. The molecule has 0 bridgehead atoms. The highest BCUT2D eigenvalue weighted by Crippen LogP contribution is 2.16. The first-order valence-electron chi connectivity index (χ1n) is 4.89. The summed E-state index contributed by atoms with van der Waals surface area (Å²) in [6.07, 6.45) is 0.872. The van der Waals surface area contributed by atoms with Crippen molar-refractivity contribution < 1.29 is 4.79 Å². The molecule has 0 aliphatic heterocycles. The van der Waals surface area contributed by atoms with Gasteiger partial charge in [-0.15, -0.1) is 0 Å². The van der Waals surface area contributed by atoms with Gasteiger partial charge >= 0.3 is 0 Å². The first kappa shape index (κ1) is 11.7. The van der Waals surface area contributed by atoms with Gasteiger partial charge in [-0.25, -0.2) is 0 Å². The summed E-state index contributed by atoms with van der Waals surface area (Å²) in [7, 11) is 0. The van der Waals surface area contributed by atoms with Crippen molar-refractivity contribution in [1.29, 1.82) is 5.26 Å². The molecule has 0 aliphatic rings. The molecule has 0 saturated carbocycles. The van der Waals surface area contributed by atoms with E-state index in [1.54, 1.807) is 4.90 Å². The minimum Gasteiger partial charge on any atom is -0.325 e. The molecule has 15 heavy (non-hydrogen) atoms. The topological polar surface area (TPSA) is 44.1 Å². The Labute approximate surface area is 93.9 Å². The molecule has 80 valence electrons. The summed E-state index contributed by atoms with van der Waals surface area (Å²) in [5.41, 5.74) is 1.72. The lowest BCUT2D eigenvalue weighted by atomic mass is 10.2. The van der Waals surface area contributed by atoms with E-state index in [1.165, 1.54) is 11.3 Å². The molecule has 1 heterocycles. The zero-order chi connectivity index (χ0) is 11.3. The number of hydrogen-bond acceptors (Lipinski definition) is 3. The Balaban J connectivity index is 2.81. The second-order valence-corrected chi connectivity index (χ2v) is 4.10. The Hall–Kier alpha value is -1.34. The summed E-state index contributed by atoms with van der Waals surface area (Å²) < 4.78 is 0. The average Bonchev–Trinajstić information content (AvgIpc) is 2.63. The largest absolute Gasteiger partial charge is 0.325 e. The number of carbonyl (C=O) groups is 1. The number of amides is 1. The van der Waals surface area contributed by atoms with Crippen molar-refractivity contribution in [2.45, 2.75) is 20.3 Å². The summed E-state index contributed by atoms with van der Waals surface area (Å²) in [6, 6.07) is 2.02. The summed E-state index contributed by atoms with van der Waals surface area (Å²) in [6.45, 7) is 4.72. The third-order valence-electron chi connectivity index (χ3n) is 2.13. The number of nitriles is 1. The number of rotatable bonds is 4. The van der Waals surface area contributed by atoms with E-state index in [1.807, 2.05) is 30.7 Å². The fourth-order valence-corrected chi connectivity index (χ4v) is 2.18. The van der Waals surface area contributed by atoms with E-state index in [0.29, 0.717) is 6.54 Å². The number of hydrogen-bond donors (Lipinski definition) is 0. The van der Waals surface area contributed by atoms with E-state index >= 15 is 0 Å². The highest BCUT2D eigenvalue weighted by atomic mass is 32.1. The number of carbonyl (C=O) groups excluding carboxylic acids is 1. The Morgan fingerprint density at radius 3 is 2.80 bits per heavy atom. The van der Waals surface area contributed by atoms with Crippen molar-refractivity contribution in [2.24, 2.45) is 0 Å². The number of thiophene rings is 1. The van der Waals surface area contributed by atoms with Crippen LogP contribution in [0, 0.1) is 18.3 Å². The number of nitrogens with zero attached hydrogens (tertiary/aromatic N) is 2. The van der Waals surface area contributed by atoms with Crippen LogP contribution in [0.2, 0.25) is 0 Å². The molecule has 0 saturated heterocycles. The van der Waals surface area contributed by atoms with E-state index in [9.17, 15) is 4.79 Å². The van der Waals surface area contributed by atoms with E-state index in [-0.39, 0.29) is 12.5 Å². The van der Waals surface area contributed by atoms with Crippen LogP contribution >= 0.6 is 11.3 Å². The van der Waals surface area contributed by atoms with Gasteiger partial charge in [-0.1, -0.05) is 6.92 Å². The van der Waals surface area contributed by atoms with Crippen molar-refractivity contribution in [3.05, 3.63) is 21.9 Å². The van der Waals surface area contributed by atoms with Crippen molar-refractivity contribution in [3.8, 4) is 6.07 Å². The van der Waals surface area contributed by atoms with Crippen LogP contribution in [0.5, 0.6) is 0 Å². The van der Waals surface area contributed by atoms with Gasteiger partial charge in [0, 0.05) is 11.9 Å². The fraction of sp³-hybridized carbons (Fsp3) is 0.455. The van der Waals surface area contributed by atoms with Crippen molar-refractivity contribution in [1.82, 2.24) is 4.90 Å². The van der Waals surface area contributed by atoms with Gasteiger partial charge in [0.1, 0.15) is 6.54 Å². The first-order valence-corrected chi connectivity index (χ1v) is 5.84. The maximum atomic E-state index is 12.0. The molecule has 0 fully saturated rings. The molecule has 0 radical (unpaired) electrons. The molecule has 1 aromatic rings. The molecule has 1 amide bonds.